The third-order valence-corrected chi connectivity index (χ3v) is 5.16. The fourth-order valence-electron chi connectivity index (χ4n) is 3.20. The van der Waals surface area contributed by atoms with Crippen LogP contribution in [0.15, 0.2) is 40.9 Å². The number of halogens is 1. The van der Waals surface area contributed by atoms with E-state index in [-0.39, 0.29) is 18.6 Å². The lowest BCUT2D eigenvalue weighted by atomic mass is 9.88. The molecule has 5 nitrogen and oxygen atoms in total. The SMILES string of the molecule is COc1cc(Br)c(C=O)cc1OCC(=O)N[C@H]1CCCc2ccccc21. The summed E-state index contributed by atoms with van der Waals surface area (Å²) >= 11 is 3.30. The van der Waals surface area contributed by atoms with E-state index in [1.165, 1.54) is 18.2 Å². The van der Waals surface area contributed by atoms with Gasteiger partial charge in [0.25, 0.3) is 5.91 Å². The highest BCUT2D eigenvalue weighted by atomic mass is 79.9. The van der Waals surface area contributed by atoms with Gasteiger partial charge in [0.05, 0.1) is 13.2 Å². The van der Waals surface area contributed by atoms with Gasteiger partial charge >= 0.3 is 0 Å². The van der Waals surface area contributed by atoms with E-state index in [0.717, 1.165) is 25.5 Å². The highest BCUT2D eigenvalue weighted by Crippen LogP contribution is 2.33. The molecule has 0 unspecified atom stereocenters. The molecule has 0 aromatic heterocycles. The Labute approximate surface area is 160 Å². The third-order valence-electron chi connectivity index (χ3n) is 4.47. The molecule has 0 bridgehead atoms. The van der Waals surface area contributed by atoms with Crippen molar-refractivity contribution < 1.29 is 19.1 Å². The first-order valence-corrected chi connectivity index (χ1v) is 9.24. The van der Waals surface area contributed by atoms with Crippen molar-refractivity contribution in [3.05, 3.63) is 57.6 Å². The smallest absolute Gasteiger partial charge is 0.258 e. The predicted octanol–water partition coefficient (Wildman–Crippen LogP) is 3.84. The molecule has 0 fully saturated rings. The second kappa shape index (κ2) is 8.36. The van der Waals surface area contributed by atoms with Crippen molar-refractivity contribution >= 4 is 28.1 Å². The molecular formula is C20H20BrNO4. The summed E-state index contributed by atoms with van der Waals surface area (Å²) in [6.07, 6.45) is 3.73. The van der Waals surface area contributed by atoms with E-state index in [1.807, 2.05) is 12.1 Å². The van der Waals surface area contributed by atoms with E-state index in [1.54, 1.807) is 12.1 Å². The molecule has 0 spiro atoms. The molecule has 3 rings (SSSR count). The molecule has 1 atom stereocenters. The molecule has 1 aliphatic carbocycles. The molecule has 1 amide bonds. The summed E-state index contributed by atoms with van der Waals surface area (Å²) < 4.78 is 11.5. The molecule has 1 aliphatic rings. The van der Waals surface area contributed by atoms with E-state index < -0.39 is 0 Å². The summed E-state index contributed by atoms with van der Waals surface area (Å²) in [5, 5.41) is 3.04. The molecule has 136 valence electrons. The van der Waals surface area contributed by atoms with Crippen LogP contribution in [0.2, 0.25) is 0 Å². The van der Waals surface area contributed by atoms with Crippen LogP contribution in [-0.2, 0) is 11.2 Å². The highest BCUT2D eigenvalue weighted by Gasteiger charge is 2.21. The zero-order chi connectivity index (χ0) is 18.5. The Morgan fingerprint density at radius 3 is 2.88 bits per heavy atom. The Hall–Kier alpha value is -2.34. The van der Waals surface area contributed by atoms with Crippen LogP contribution < -0.4 is 14.8 Å². The lowest BCUT2D eigenvalue weighted by Gasteiger charge is -2.26. The first-order valence-electron chi connectivity index (χ1n) is 8.45. The number of ether oxygens (including phenoxy) is 2. The van der Waals surface area contributed by atoms with Crippen LogP contribution >= 0.6 is 15.9 Å². The highest BCUT2D eigenvalue weighted by molar-refractivity contribution is 9.10. The van der Waals surface area contributed by atoms with Crippen molar-refractivity contribution in [1.29, 1.82) is 0 Å². The Bertz CT molecular complexity index is 821. The Balaban J connectivity index is 1.66. The van der Waals surface area contributed by atoms with E-state index in [4.69, 9.17) is 9.47 Å². The Morgan fingerprint density at radius 1 is 1.31 bits per heavy atom. The van der Waals surface area contributed by atoms with Crippen molar-refractivity contribution in [2.45, 2.75) is 25.3 Å². The average Bonchev–Trinajstić information content (AvgIpc) is 2.67. The van der Waals surface area contributed by atoms with Crippen molar-refractivity contribution in [2.24, 2.45) is 0 Å². The summed E-state index contributed by atoms with van der Waals surface area (Å²) in [7, 11) is 1.51. The van der Waals surface area contributed by atoms with Gasteiger partial charge in [-0.25, -0.2) is 0 Å². The van der Waals surface area contributed by atoms with Gasteiger partial charge in [-0.15, -0.1) is 0 Å². The van der Waals surface area contributed by atoms with E-state index in [0.29, 0.717) is 21.5 Å². The number of aryl methyl sites for hydroxylation is 1. The molecule has 2 aromatic rings. The van der Waals surface area contributed by atoms with Crippen LogP contribution in [0.5, 0.6) is 11.5 Å². The van der Waals surface area contributed by atoms with Crippen molar-refractivity contribution in [2.75, 3.05) is 13.7 Å². The fourth-order valence-corrected chi connectivity index (χ4v) is 3.61. The second-order valence-corrected chi connectivity index (χ2v) is 7.00. The number of nitrogens with one attached hydrogen (secondary N) is 1. The van der Waals surface area contributed by atoms with Gasteiger partial charge in [0.15, 0.2) is 24.4 Å². The van der Waals surface area contributed by atoms with E-state index >= 15 is 0 Å². The predicted molar refractivity (Wildman–Crippen MR) is 102 cm³/mol. The number of carbonyl (C=O) groups excluding carboxylic acids is 2. The minimum absolute atomic E-state index is 0.00778. The normalized spacial score (nSPS) is 15.7. The lowest BCUT2D eigenvalue weighted by molar-refractivity contribution is -0.124. The zero-order valence-electron chi connectivity index (χ0n) is 14.5. The number of methoxy groups -OCH3 is 1. The van der Waals surface area contributed by atoms with Gasteiger partial charge in [-0.3, -0.25) is 9.59 Å². The van der Waals surface area contributed by atoms with Crippen LogP contribution in [0.25, 0.3) is 0 Å². The minimum atomic E-state index is -0.204. The molecule has 2 aromatic carbocycles. The number of carbonyl (C=O) groups is 2. The maximum atomic E-state index is 12.4. The molecule has 0 radical (unpaired) electrons. The summed E-state index contributed by atoms with van der Waals surface area (Å²) in [4.78, 5) is 23.5. The number of rotatable bonds is 6. The van der Waals surface area contributed by atoms with Gasteiger partial charge in [-0.2, -0.15) is 0 Å². The molecule has 0 heterocycles. The standard InChI is InChI=1S/C20H20BrNO4/c1-25-18-10-16(21)14(11-23)9-19(18)26-12-20(24)22-17-8-4-6-13-5-2-3-7-15(13)17/h2-3,5,7,9-11,17H,4,6,8,12H2,1H3,(H,22,24)/t17-/m0/s1. The fraction of sp³-hybridized carbons (Fsp3) is 0.300. The van der Waals surface area contributed by atoms with Crippen LogP contribution in [0.3, 0.4) is 0 Å². The van der Waals surface area contributed by atoms with Crippen LogP contribution in [-0.4, -0.2) is 25.9 Å². The molecule has 1 N–H and O–H groups in total. The number of hydrogen-bond donors (Lipinski definition) is 1. The summed E-state index contributed by atoms with van der Waals surface area (Å²) in [5.41, 5.74) is 2.90. The second-order valence-electron chi connectivity index (χ2n) is 6.14. The summed E-state index contributed by atoms with van der Waals surface area (Å²) in [6.45, 7) is -0.144. The lowest BCUT2D eigenvalue weighted by Crippen LogP contribution is -2.34. The van der Waals surface area contributed by atoms with Gasteiger partial charge in [-0.1, -0.05) is 24.3 Å². The van der Waals surface area contributed by atoms with Gasteiger partial charge in [0.1, 0.15) is 0 Å². The number of benzene rings is 2. The van der Waals surface area contributed by atoms with Crippen molar-refractivity contribution in [1.82, 2.24) is 5.32 Å². The van der Waals surface area contributed by atoms with E-state index in [2.05, 4.69) is 33.4 Å². The summed E-state index contributed by atoms with van der Waals surface area (Å²) in [6, 6.07) is 11.4. The molecule has 0 saturated heterocycles. The summed E-state index contributed by atoms with van der Waals surface area (Å²) in [5.74, 6) is 0.611. The van der Waals surface area contributed by atoms with Gasteiger partial charge in [0.2, 0.25) is 0 Å². The third kappa shape index (κ3) is 4.07. The largest absolute Gasteiger partial charge is 0.493 e. The molecule has 0 saturated carbocycles. The Morgan fingerprint density at radius 2 is 2.12 bits per heavy atom. The van der Waals surface area contributed by atoms with Crippen LogP contribution in [0, 0.1) is 0 Å². The quantitative estimate of drug-likeness (QED) is 0.725. The van der Waals surface area contributed by atoms with Crippen molar-refractivity contribution in [3.63, 3.8) is 0 Å². The number of aldehydes is 1. The Kier molecular flexibility index (Phi) is 5.93. The zero-order valence-corrected chi connectivity index (χ0v) is 16.0. The monoisotopic (exact) mass is 417 g/mol. The number of fused-ring (bicyclic) bond motifs is 1. The van der Waals surface area contributed by atoms with Crippen LogP contribution in [0.4, 0.5) is 0 Å². The first-order chi connectivity index (χ1) is 12.6. The van der Waals surface area contributed by atoms with Gasteiger partial charge in [-0.05, 0) is 58.5 Å². The molecule has 6 heteroatoms. The van der Waals surface area contributed by atoms with Gasteiger partial charge < -0.3 is 14.8 Å². The van der Waals surface area contributed by atoms with Gasteiger partial charge in [0, 0.05) is 10.0 Å². The number of hydrogen-bond acceptors (Lipinski definition) is 4. The maximum absolute atomic E-state index is 12.4. The topological polar surface area (TPSA) is 64.6 Å². The maximum Gasteiger partial charge on any atom is 0.258 e. The minimum Gasteiger partial charge on any atom is -0.493 e. The molecule has 26 heavy (non-hydrogen) atoms. The van der Waals surface area contributed by atoms with Crippen LogP contribution in [0.1, 0.15) is 40.4 Å². The molecular weight excluding hydrogens is 398 g/mol. The first kappa shape index (κ1) is 18.5. The average molecular weight is 418 g/mol. The molecule has 0 aliphatic heterocycles. The number of amides is 1. The van der Waals surface area contributed by atoms with Crippen molar-refractivity contribution in [3.8, 4) is 11.5 Å². The van der Waals surface area contributed by atoms with E-state index in [9.17, 15) is 9.59 Å².